The summed E-state index contributed by atoms with van der Waals surface area (Å²) in [4.78, 5) is 0. The first-order valence-electron chi connectivity index (χ1n) is 5.11. The fourth-order valence-corrected chi connectivity index (χ4v) is 2.89. The van der Waals surface area contributed by atoms with Crippen LogP contribution >= 0.6 is 27.5 Å². The molecule has 0 bridgehead atoms. The summed E-state index contributed by atoms with van der Waals surface area (Å²) in [6, 6.07) is 2.32. The topological polar surface area (TPSA) is 0 Å². The van der Waals surface area contributed by atoms with Crippen LogP contribution in [0.25, 0.3) is 0 Å². The Morgan fingerprint density at radius 2 is 1.94 bits per heavy atom. The summed E-state index contributed by atoms with van der Waals surface area (Å²) in [7, 11) is 0. The Morgan fingerprint density at radius 1 is 1.38 bits per heavy atom. The van der Waals surface area contributed by atoms with Crippen molar-refractivity contribution in [2.45, 2.75) is 25.6 Å². The van der Waals surface area contributed by atoms with Crippen LogP contribution in [0, 0.1) is 23.0 Å². The molecule has 88 valence electrons. The second-order valence-electron chi connectivity index (χ2n) is 4.99. The minimum atomic E-state index is -0.472. The van der Waals surface area contributed by atoms with Gasteiger partial charge in [0.1, 0.15) is 11.6 Å². The molecule has 0 heterocycles. The van der Waals surface area contributed by atoms with Gasteiger partial charge >= 0.3 is 0 Å². The lowest BCUT2D eigenvalue weighted by Crippen LogP contribution is -2.03. The maximum atomic E-state index is 13.6. The highest BCUT2D eigenvalue weighted by atomic mass is 79.9. The molecule has 2 unspecified atom stereocenters. The van der Waals surface area contributed by atoms with E-state index in [0.717, 1.165) is 12.5 Å². The number of halogens is 4. The van der Waals surface area contributed by atoms with Gasteiger partial charge < -0.3 is 0 Å². The monoisotopic (exact) mass is 308 g/mol. The summed E-state index contributed by atoms with van der Waals surface area (Å²) in [5.74, 6) is -0.694. The van der Waals surface area contributed by atoms with Gasteiger partial charge in [-0.3, -0.25) is 0 Å². The van der Waals surface area contributed by atoms with Crippen molar-refractivity contribution < 1.29 is 8.78 Å². The highest BCUT2D eigenvalue weighted by molar-refractivity contribution is 9.10. The zero-order valence-electron chi connectivity index (χ0n) is 9.03. The summed E-state index contributed by atoms with van der Waals surface area (Å²) in [5, 5.41) is -0.447. The van der Waals surface area contributed by atoms with Gasteiger partial charge in [-0.25, -0.2) is 8.78 Å². The van der Waals surface area contributed by atoms with E-state index in [-0.39, 0.29) is 21.4 Å². The highest BCUT2D eigenvalue weighted by Gasteiger charge is 2.50. The minimum absolute atomic E-state index is 0.132. The summed E-state index contributed by atoms with van der Waals surface area (Å²) in [6.45, 7) is 4.17. The van der Waals surface area contributed by atoms with Crippen molar-refractivity contribution in [3.05, 3.63) is 33.8 Å². The summed E-state index contributed by atoms with van der Waals surface area (Å²) >= 11 is 9.14. The summed E-state index contributed by atoms with van der Waals surface area (Å²) in [6.07, 6.45) is 0.957. The molecule has 0 aromatic heterocycles. The largest absolute Gasteiger partial charge is 0.207 e. The third-order valence-corrected chi connectivity index (χ3v) is 4.43. The molecule has 1 aliphatic carbocycles. The van der Waals surface area contributed by atoms with Crippen LogP contribution in [0.5, 0.6) is 0 Å². The van der Waals surface area contributed by atoms with Crippen molar-refractivity contribution in [2.24, 2.45) is 11.3 Å². The molecule has 0 N–H and O–H groups in total. The first-order chi connectivity index (χ1) is 7.33. The number of alkyl halides is 1. The molecule has 1 aromatic carbocycles. The predicted molar refractivity (Wildman–Crippen MR) is 64.5 cm³/mol. The lowest BCUT2D eigenvalue weighted by Gasteiger charge is -2.13. The molecule has 1 aromatic rings. The predicted octanol–water partition coefficient (Wildman–Crippen LogP) is 5.05. The van der Waals surface area contributed by atoms with E-state index in [1.54, 1.807) is 0 Å². The van der Waals surface area contributed by atoms with Gasteiger partial charge in [-0.1, -0.05) is 13.8 Å². The molecule has 4 heteroatoms. The standard InChI is InChI=1S/C12H12BrClF2/c1-12(2)5-7(12)11(14)6-3-10(16)8(13)4-9(6)15/h3-4,7,11H,5H2,1-2H3. The first kappa shape index (κ1) is 12.3. The summed E-state index contributed by atoms with van der Waals surface area (Å²) < 4.78 is 27.1. The van der Waals surface area contributed by atoms with Gasteiger partial charge in [0.2, 0.25) is 0 Å². The normalized spacial score (nSPS) is 24.2. The van der Waals surface area contributed by atoms with Crippen LogP contribution in [0.2, 0.25) is 0 Å². The van der Waals surface area contributed by atoms with E-state index in [2.05, 4.69) is 29.8 Å². The third kappa shape index (κ3) is 2.12. The van der Waals surface area contributed by atoms with Gasteiger partial charge in [0.25, 0.3) is 0 Å². The van der Waals surface area contributed by atoms with Crippen LogP contribution in [0.15, 0.2) is 16.6 Å². The Kier molecular flexibility index (Phi) is 3.04. The van der Waals surface area contributed by atoms with Crippen LogP contribution in [0.1, 0.15) is 31.2 Å². The van der Waals surface area contributed by atoms with Crippen molar-refractivity contribution >= 4 is 27.5 Å². The molecule has 1 aliphatic rings. The lowest BCUT2D eigenvalue weighted by atomic mass is 10.0. The molecule has 0 saturated heterocycles. The molecular formula is C12H12BrClF2. The van der Waals surface area contributed by atoms with Gasteiger partial charge in [-0.15, -0.1) is 11.6 Å². The second-order valence-corrected chi connectivity index (χ2v) is 6.31. The summed E-state index contributed by atoms with van der Waals surface area (Å²) in [5.41, 5.74) is 0.403. The van der Waals surface area contributed by atoms with Crippen LogP contribution in [-0.4, -0.2) is 0 Å². The van der Waals surface area contributed by atoms with E-state index < -0.39 is 17.0 Å². The SMILES string of the molecule is CC1(C)CC1C(Cl)c1cc(F)c(Br)cc1F. The van der Waals surface area contributed by atoms with Crippen LogP contribution in [0.4, 0.5) is 8.78 Å². The Morgan fingerprint density at radius 3 is 2.44 bits per heavy atom. The maximum absolute atomic E-state index is 13.6. The minimum Gasteiger partial charge on any atom is -0.207 e. The van der Waals surface area contributed by atoms with E-state index in [4.69, 9.17) is 11.6 Å². The van der Waals surface area contributed by atoms with Crippen molar-refractivity contribution in [1.82, 2.24) is 0 Å². The number of rotatable bonds is 2. The zero-order valence-corrected chi connectivity index (χ0v) is 11.4. The average Bonchev–Trinajstić information content (AvgIpc) is 2.80. The number of benzene rings is 1. The van der Waals surface area contributed by atoms with E-state index in [1.165, 1.54) is 6.07 Å². The molecule has 1 fully saturated rings. The number of hydrogen-bond acceptors (Lipinski definition) is 0. The van der Waals surface area contributed by atoms with Gasteiger partial charge in [0, 0.05) is 5.56 Å². The Balaban J connectivity index is 2.31. The molecular weight excluding hydrogens is 297 g/mol. The quantitative estimate of drug-likeness (QED) is 0.529. The number of hydrogen-bond donors (Lipinski definition) is 0. The molecule has 16 heavy (non-hydrogen) atoms. The zero-order chi connectivity index (χ0) is 12.1. The average molecular weight is 310 g/mol. The van der Waals surface area contributed by atoms with Crippen molar-refractivity contribution in [1.29, 1.82) is 0 Å². The van der Waals surface area contributed by atoms with Crippen molar-refractivity contribution in [2.75, 3.05) is 0 Å². The molecule has 0 amide bonds. The van der Waals surface area contributed by atoms with Crippen LogP contribution < -0.4 is 0 Å². The third-order valence-electron chi connectivity index (χ3n) is 3.28. The lowest BCUT2D eigenvalue weighted by molar-refractivity contribution is 0.524. The van der Waals surface area contributed by atoms with Gasteiger partial charge in [-0.05, 0) is 45.8 Å². The van der Waals surface area contributed by atoms with Gasteiger partial charge in [0.05, 0.1) is 9.85 Å². The fourth-order valence-electron chi connectivity index (χ4n) is 1.97. The van der Waals surface area contributed by atoms with Crippen molar-refractivity contribution in [3.63, 3.8) is 0 Å². The van der Waals surface area contributed by atoms with E-state index in [1.807, 2.05) is 0 Å². The Hall–Kier alpha value is -0.150. The molecule has 0 spiro atoms. The molecule has 1 saturated carbocycles. The molecule has 0 nitrogen and oxygen atoms in total. The van der Waals surface area contributed by atoms with Gasteiger partial charge in [-0.2, -0.15) is 0 Å². The first-order valence-corrected chi connectivity index (χ1v) is 6.34. The molecule has 2 atom stereocenters. The molecule has 0 radical (unpaired) electrons. The molecule has 0 aliphatic heterocycles. The highest BCUT2D eigenvalue weighted by Crippen LogP contribution is 2.60. The van der Waals surface area contributed by atoms with Crippen LogP contribution in [-0.2, 0) is 0 Å². The van der Waals surface area contributed by atoms with E-state index in [0.29, 0.717) is 0 Å². The van der Waals surface area contributed by atoms with Crippen LogP contribution in [0.3, 0.4) is 0 Å². The smallest absolute Gasteiger partial charge is 0.137 e. The fraction of sp³-hybridized carbons (Fsp3) is 0.500. The van der Waals surface area contributed by atoms with E-state index >= 15 is 0 Å². The second kappa shape index (κ2) is 3.95. The van der Waals surface area contributed by atoms with Crippen molar-refractivity contribution in [3.8, 4) is 0 Å². The maximum Gasteiger partial charge on any atom is 0.137 e. The Labute approximate surface area is 107 Å². The molecule has 2 rings (SSSR count). The van der Waals surface area contributed by atoms with E-state index in [9.17, 15) is 8.78 Å². The Bertz CT molecular complexity index is 431. The van der Waals surface area contributed by atoms with Gasteiger partial charge in [0.15, 0.2) is 0 Å².